The lowest BCUT2D eigenvalue weighted by Crippen LogP contribution is -2.74. The molecule has 5 heterocycles. The summed E-state index contributed by atoms with van der Waals surface area (Å²) >= 11 is 0. The van der Waals surface area contributed by atoms with E-state index in [1.54, 1.807) is 0 Å². The maximum atomic E-state index is 14.3. The van der Waals surface area contributed by atoms with Crippen LogP contribution < -0.4 is 0 Å². The molecule has 6 fully saturated rings. The van der Waals surface area contributed by atoms with Crippen LogP contribution in [0, 0.1) is 28.1 Å². The fourth-order valence-corrected chi connectivity index (χ4v) is 9.54. The van der Waals surface area contributed by atoms with Crippen LogP contribution in [0.15, 0.2) is 11.6 Å². The minimum absolute atomic E-state index is 0.00694. The molecule has 0 aromatic rings. The summed E-state index contributed by atoms with van der Waals surface area (Å²) in [5, 5.41) is 10.4. The topological polar surface area (TPSA) is 138 Å². The molecule has 194 valence electrons. The van der Waals surface area contributed by atoms with E-state index in [4.69, 9.17) is 23.7 Å². The molecular formula is C26H30O10. The number of epoxide rings is 1. The fourth-order valence-electron chi connectivity index (χ4n) is 9.54. The Balaban J connectivity index is 1.39. The molecule has 2 spiro atoms. The van der Waals surface area contributed by atoms with E-state index < -0.39 is 64.0 Å². The average Bonchev–Trinajstić information content (AvgIpc) is 3.43. The molecule has 0 aromatic heterocycles. The summed E-state index contributed by atoms with van der Waals surface area (Å²) in [6.07, 6.45) is -1.25. The van der Waals surface area contributed by atoms with Crippen molar-refractivity contribution in [3.05, 3.63) is 11.6 Å². The number of hydrogen-bond donors (Lipinski definition) is 1. The zero-order valence-electron chi connectivity index (χ0n) is 20.7. The van der Waals surface area contributed by atoms with Crippen molar-refractivity contribution < 1.29 is 48.0 Å². The van der Waals surface area contributed by atoms with E-state index in [9.17, 15) is 24.3 Å². The number of aliphatic hydroxyl groups excluding tert-OH is 1. The molecule has 0 amide bonds. The number of carbonyl (C=O) groups excluding carboxylic acids is 4. The minimum atomic E-state index is -1.53. The van der Waals surface area contributed by atoms with Crippen molar-refractivity contribution in [1.82, 2.24) is 0 Å². The Bertz CT molecular complexity index is 1170. The number of ketones is 1. The van der Waals surface area contributed by atoms with Gasteiger partial charge in [-0.2, -0.15) is 0 Å². The zero-order chi connectivity index (χ0) is 25.6. The average molecular weight is 503 g/mol. The fraction of sp³-hybridized carbons (Fsp3) is 0.769. The zero-order valence-corrected chi connectivity index (χ0v) is 20.7. The molecule has 4 saturated heterocycles. The van der Waals surface area contributed by atoms with Crippen molar-refractivity contribution in [2.24, 2.45) is 28.1 Å². The predicted molar refractivity (Wildman–Crippen MR) is 117 cm³/mol. The van der Waals surface area contributed by atoms with E-state index >= 15 is 0 Å². The number of esters is 3. The molecule has 5 aliphatic heterocycles. The molecule has 7 aliphatic rings. The second-order valence-corrected chi connectivity index (χ2v) is 12.6. The van der Waals surface area contributed by atoms with Crippen molar-refractivity contribution in [2.75, 3.05) is 6.61 Å². The maximum Gasteiger partial charge on any atom is 0.339 e. The maximum absolute atomic E-state index is 14.3. The predicted octanol–water partition coefficient (Wildman–Crippen LogP) is 0.973. The minimum Gasteiger partial charge on any atom is -0.465 e. The Labute approximate surface area is 207 Å². The first kappa shape index (κ1) is 22.9. The first-order chi connectivity index (χ1) is 16.8. The summed E-state index contributed by atoms with van der Waals surface area (Å²) < 4.78 is 29.1. The third-order valence-corrected chi connectivity index (χ3v) is 11.0. The van der Waals surface area contributed by atoms with Gasteiger partial charge >= 0.3 is 17.9 Å². The summed E-state index contributed by atoms with van der Waals surface area (Å²) in [6, 6.07) is 0. The van der Waals surface area contributed by atoms with Gasteiger partial charge in [-0.15, -0.1) is 0 Å². The van der Waals surface area contributed by atoms with Gasteiger partial charge in [0, 0.05) is 34.8 Å². The monoisotopic (exact) mass is 502 g/mol. The second-order valence-electron chi connectivity index (χ2n) is 12.6. The van der Waals surface area contributed by atoms with Gasteiger partial charge in [-0.05, 0) is 39.5 Å². The molecule has 10 atom stereocenters. The van der Waals surface area contributed by atoms with Crippen LogP contribution in [0.25, 0.3) is 0 Å². The van der Waals surface area contributed by atoms with Crippen molar-refractivity contribution in [3.63, 3.8) is 0 Å². The molecule has 2 saturated carbocycles. The Kier molecular flexibility index (Phi) is 4.06. The molecule has 1 N–H and O–H groups in total. The summed E-state index contributed by atoms with van der Waals surface area (Å²) in [7, 11) is 0. The van der Waals surface area contributed by atoms with E-state index in [0.717, 1.165) is 0 Å². The Morgan fingerprint density at radius 2 is 1.69 bits per heavy atom. The highest BCUT2D eigenvalue weighted by Crippen LogP contribution is 2.78. The van der Waals surface area contributed by atoms with Gasteiger partial charge in [0.2, 0.25) is 6.29 Å². The molecule has 10 heteroatoms. The number of rotatable bonds is 1. The van der Waals surface area contributed by atoms with Crippen molar-refractivity contribution in [2.45, 2.75) is 89.2 Å². The summed E-state index contributed by atoms with van der Waals surface area (Å²) in [5.41, 5.74) is -4.23. The third kappa shape index (κ3) is 2.23. The second kappa shape index (κ2) is 6.39. The molecule has 2 aliphatic carbocycles. The smallest absolute Gasteiger partial charge is 0.339 e. The van der Waals surface area contributed by atoms with Gasteiger partial charge in [-0.3, -0.25) is 9.59 Å². The van der Waals surface area contributed by atoms with Crippen LogP contribution in [0.5, 0.6) is 0 Å². The van der Waals surface area contributed by atoms with Crippen LogP contribution >= 0.6 is 0 Å². The lowest BCUT2D eigenvalue weighted by molar-refractivity contribution is -0.223. The Hall–Kier alpha value is -2.30. The van der Waals surface area contributed by atoms with Gasteiger partial charge in [-0.25, -0.2) is 9.59 Å². The molecule has 10 nitrogen and oxygen atoms in total. The highest BCUT2D eigenvalue weighted by atomic mass is 16.7. The molecule has 1 unspecified atom stereocenters. The first-order valence-corrected chi connectivity index (χ1v) is 12.7. The van der Waals surface area contributed by atoms with Gasteiger partial charge in [0.15, 0.2) is 6.10 Å². The number of aliphatic hydroxyl groups is 1. The highest BCUT2D eigenvalue weighted by molar-refractivity contribution is 5.94. The van der Waals surface area contributed by atoms with Crippen LogP contribution in [-0.2, 0) is 42.9 Å². The molecule has 0 bridgehead atoms. The highest BCUT2D eigenvalue weighted by Gasteiger charge is 2.90. The van der Waals surface area contributed by atoms with Gasteiger partial charge in [0.1, 0.15) is 24.1 Å². The third-order valence-electron chi connectivity index (χ3n) is 11.0. The van der Waals surface area contributed by atoms with Crippen LogP contribution in [-0.4, -0.2) is 71.2 Å². The van der Waals surface area contributed by atoms with Crippen molar-refractivity contribution in [3.8, 4) is 0 Å². The largest absolute Gasteiger partial charge is 0.465 e. The normalized spacial score (nSPS) is 54.1. The Morgan fingerprint density at radius 3 is 2.39 bits per heavy atom. The molecule has 7 rings (SSSR count). The number of hydrogen-bond acceptors (Lipinski definition) is 10. The van der Waals surface area contributed by atoms with Crippen LogP contribution in [0.2, 0.25) is 0 Å². The lowest BCUT2D eigenvalue weighted by Gasteiger charge is -2.65. The standard InChI is InChI=1S/C26H30O10/c1-22(2)13-8-14(27)24(4)12(25(13)10-32-16(28)9-15(25)35-22)5-6-23(3)18(11-7-17(29)33-20(11)30)34-21(31)19-26(23,24)36-19/h7,12-13,15,18-20,30H,5-6,8-10H2,1-4H3/t12-,13-,15+,18-,19+,20?,23-,24-,25+,26+/m0/s1. The van der Waals surface area contributed by atoms with E-state index in [1.807, 2.05) is 27.7 Å². The number of cyclic esters (lactones) is 3. The summed E-state index contributed by atoms with van der Waals surface area (Å²) in [6.45, 7) is 7.90. The van der Waals surface area contributed by atoms with Gasteiger partial charge in [-0.1, -0.05) is 6.92 Å². The van der Waals surface area contributed by atoms with Gasteiger partial charge < -0.3 is 28.8 Å². The van der Waals surface area contributed by atoms with Crippen molar-refractivity contribution >= 4 is 23.7 Å². The molecule has 0 aromatic carbocycles. The lowest BCUT2D eigenvalue weighted by atomic mass is 9.37. The van der Waals surface area contributed by atoms with E-state index in [0.29, 0.717) is 12.8 Å². The van der Waals surface area contributed by atoms with E-state index in [1.165, 1.54) is 6.08 Å². The van der Waals surface area contributed by atoms with Gasteiger partial charge in [0.25, 0.3) is 0 Å². The van der Waals surface area contributed by atoms with Crippen LogP contribution in [0.3, 0.4) is 0 Å². The number of ether oxygens (including phenoxy) is 5. The molecule has 0 radical (unpaired) electrons. The molecule has 36 heavy (non-hydrogen) atoms. The van der Waals surface area contributed by atoms with E-state index in [-0.39, 0.29) is 48.6 Å². The first-order valence-electron chi connectivity index (χ1n) is 12.7. The van der Waals surface area contributed by atoms with Crippen LogP contribution in [0.4, 0.5) is 0 Å². The number of Topliss-reactive ketones (excluding diaryl/α,β-unsaturated/α-hetero) is 1. The van der Waals surface area contributed by atoms with Gasteiger partial charge in [0.05, 0.1) is 23.5 Å². The Morgan fingerprint density at radius 1 is 0.944 bits per heavy atom. The van der Waals surface area contributed by atoms with Crippen LogP contribution in [0.1, 0.15) is 53.4 Å². The quantitative estimate of drug-likeness (QED) is 0.314. The number of carbonyl (C=O) groups is 4. The van der Waals surface area contributed by atoms with Crippen molar-refractivity contribution in [1.29, 1.82) is 0 Å². The SMILES string of the molecule is CC1(C)O[C@@H]2CC(=O)OC[C@]23[C@H]2CC[C@@]4(C)[C@H](C5=CC(=O)OC5O)OC(=O)[C@H]5O[C@]54[C@]2(C)C(=O)C[C@@H]13. The number of fused-ring (bicyclic) bond motifs is 1. The molecular weight excluding hydrogens is 472 g/mol. The van der Waals surface area contributed by atoms with E-state index in [2.05, 4.69) is 0 Å². The summed E-state index contributed by atoms with van der Waals surface area (Å²) in [5.74, 6) is -2.06. The summed E-state index contributed by atoms with van der Waals surface area (Å²) in [4.78, 5) is 51.7.